The predicted molar refractivity (Wildman–Crippen MR) is 139 cm³/mol. The second-order valence-electron chi connectivity index (χ2n) is 10.6. The number of aromatic nitrogens is 2. The van der Waals surface area contributed by atoms with Crippen molar-refractivity contribution in [3.8, 4) is 5.75 Å². The van der Waals surface area contributed by atoms with Gasteiger partial charge in [0.1, 0.15) is 18.0 Å². The van der Waals surface area contributed by atoms with Crippen LogP contribution in [0.5, 0.6) is 5.75 Å². The molecule has 1 saturated carbocycles. The van der Waals surface area contributed by atoms with E-state index in [2.05, 4.69) is 32.8 Å². The number of nitrogens with zero attached hydrogens (tertiary/aromatic N) is 5. The van der Waals surface area contributed by atoms with Crippen LogP contribution < -0.4 is 4.74 Å². The number of rotatable bonds is 8. The van der Waals surface area contributed by atoms with Crippen LogP contribution in [0.15, 0.2) is 36.7 Å². The number of likely N-dealkylation sites (N-methyl/N-ethyl adjacent to an activating group) is 1. The van der Waals surface area contributed by atoms with Crippen molar-refractivity contribution >= 4 is 17.5 Å². The van der Waals surface area contributed by atoms with Crippen molar-refractivity contribution in [3.63, 3.8) is 0 Å². The van der Waals surface area contributed by atoms with Gasteiger partial charge >= 0.3 is 0 Å². The second kappa shape index (κ2) is 11.5. The van der Waals surface area contributed by atoms with Gasteiger partial charge in [-0.2, -0.15) is 5.10 Å². The summed E-state index contributed by atoms with van der Waals surface area (Å²) >= 11 is 6.04. The van der Waals surface area contributed by atoms with Crippen LogP contribution in [0.4, 0.5) is 0 Å². The number of carbonyl (C=O) groups is 1. The Morgan fingerprint density at radius 3 is 2.64 bits per heavy atom. The standard InChI is InChI=1S/C27H38ClN5O3/c1-30-10-12-32(13-11-30)26(34)16-27(21-35-25-8-6-23(28)7-9-25)20-31(14-15-36-27)18-22-17-29-33(19-22)24-4-2-3-5-24/h6-9,17,19,24H,2-5,10-16,18,20-21H2,1H3. The lowest BCUT2D eigenvalue weighted by Crippen LogP contribution is -2.58. The number of benzene rings is 1. The first-order valence-corrected chi connectivity index (χ1v) is 13.6. The lowest BCUT2D eigenvalue weighted by atomic mass is 9.96. The van der Waals surface area contributed by atoms with E-state index < -0.39 is 5.60 Å². The Hall–Kier alpha value is -2.13. The number of piperazine rings is 1. The van der Waals surface area contributed by atoms with Crippen molar-refractivity contribution < 1.29 is 14.3 Å². The summed E-state index contributed by atoms with van der Waals surface area (Å²) in [6.45, 7) is 6.44. The van der Waals surface area contributed by atoms with Gasteiger partial charge in [-0.05, 0) is 44.2 Å². The van der Waals surface area contributed by atoms with Crippen molar-refractivity contribution in [2.45, 2.75) is 50.3 Å². The smallest absolute Gasteiger partial charge is 0.225 e. The van der Waals surface area contributed by atoms with Crippen LogP contribution in [-0.4, -0.2) is 95.5 Å². The molecule has 0 radical (unpaired) electrons. The average Bonchev–Trinajstić information content (AvgIpc) is 3.57. The summed E-state index contributed by atoms with van der Waals surface area (Å²) in [6.07, 6.45) is 9.53. The largest absolute Gasteiger partial charge is 0.491 e. The van der Waals surface area contributed by atoms with E-state index in [1.807, 2.05) is 35.4 Å². The first-order chi connectivity index (χ1) is 17.5. The number of ether oxygens (including phenoxy) is 2. The van der Waals surface area contributed by atoms with E-state index in [-0.39, 0.29) is 5.91 Å². The normalized spacial score (nSPS) is 24.3. The molecule has 0 bridgehead atoms. The highest BCUT2D eigenvalue weighted by Crippen LogP contribution is 2.30. The fraction of sp³-hybridized carbons (Fsp3) is 0.630. The molecule has 9 heteroatoms. The van der Waals surface area contributed by atoms with E-state index >= 15 is 0 Å². The number of carbonyl (C=O) groups excluding carboxylic acids is 1. The Balaban J connectivity index is 1.27. The number of amides is 1. The quantitative estimate of drug-likeness (QED) is 0.536. The minimum atomic E-state index is -0.709. The van der Waals surface area contributed by atoms with E-state index in [0.29, 0.717) is 37.2 Å². The Morgan fingerprint density at radius 1 is 1.14 bits per heavy atom. The molecule has 3 aliphatic rings. The molecule has 0 spiro atoms. The zero-order valence-electron chi connectivity index (χ0n) is 21.3. The molecule has 1 atom stereocenters. The summed E-state index contributed by atoms with van der Waals surface area (Å²) in [7, 11) is 2.10. The van der Waals surface area contributed by atoms with Crippen molar-refractivity contribution in [1.82, 2.24) is 24.5 Å². The van der Waals surface area contributed by atoms with Crippen molar-refractivity contribution in [3.05, 3.63) is 47.2 Å². The molecule has 2 aliphatic heterocycles. The molecule has 1 aromatic heterocycles. The van der Waals surface area contributed by atoms with Crippen LogP contribution in [0.1, 0.15) is 43.7 Å². The zero-order chi connectivity index (χ0) is 25.0. The minimum Gasteiger partial charge on any atom is -0.491 e. The van der Waals surface area contributed by atoms with Gasteiger partial charge in [0.25, 0.3) is 0 Å². The fourth-order valence-electron chi connectivity index (χ4n) is 5.58. The molecule has 196 valence electrons. The van der Waals surface area contributed by atoms with Crippen LogP contribution in [0, 0.1) is 0 Å². The van der Waals surface area contributed by atoms with Crippen LogP contribution in [0.3, 0.4) is 0 Å². The number of hydrogen-bond acceptors (Lipinski definition) is 6. The number of morpholine rings is 1. The number of halogens is 1. The van der Waals surface area contributed by atoms with E-state index in [1.165, 1.54) is 31.2 Å². The summed E-state index contributed by atoms with van der Waals surface area (Å²) in [4.78, 5) is 20.0. The topological polar surface area (TPSA) is 63.1 Å². The highest BCUT2D eigenvalue weighted by atomic mass is 35.5. The maximum Gasteiger partial charge on any atom is 0.225 e. The monoisotopic (exact) mass is 515 g/mol. The molecule has 3 heterocycles. The highest BCUT2D eigenvalue weighted by molar-refractivity contribution is 6.30. The predicted octanol–water partition coefficient (Wildman–Crippen LogP) is 3.47. The number of hydrogen-bond donors (Lipinski definition) is 0. The van der Waals surface area contributed by atoms with Crippen molar-refractivity contribution in [2.75, 3.05) is 59.5 Å². The lowest BCUT2D eigenvalue weighted by Gasteiger charge is -2.43. The SMILES string of the molecule is CN1CCN(C(=O)CC2(COc3ccc(Cl)cc3)CN(Cc3cnn(C4CCCC4)c3)CCO2)CC1. The van der Waals surface area contributed by atoms with Gasteiger partial charge in [-0.25, -0.2) is 0 Å². The van der Waals surface area contributed by atoms with Gasteiger partial charge in [-0.1, -0.05) is 24.4 Å². The highest BCUT2D eigenvalue weighted by Gasteiger charge is 2.41. The molecule has 1 unspecified atom stereocenters. The van der Waals surface area contributed by atoms with Crippen molar-refractivity contribution in [1.29, 1.82) is 0 Å². The first-order valence-electron chi connectivity index (χ1n) is 13.2. The van der Waals surface area contributed by atoms with Gasteiger partial charge in [0.15, 0.2) is 0 Å². The molecule has 8 nitrogen and oxygen atoms in total. The molecule has 3 fully saturated rings. The van der Waals surface area contributed by atoms with Crippen molar-refractivity contribution in [2.24, 2.45) is 0 Å². The van der Waals surface area contributed by atoms with E-state index in [0.717, 1.165) is 45.0 Å². The minimum absolute atomic E-state index is 0.138. The molecule has 0 N–H and O–H groups in total. The van der Waals surface area contributed by atoms with E-state index in [1.54, 1.807) is 0 Å². The fourth-order valence-corrected chi connectivity index (χ4v) is 5.70. The second-order valence-corrected chi connectivity index (χ2v) is 11.0. The van der Waals surface area contributed by atoms with Crippen LogP contribution in [0.2, 0.25) is 5.02 Å². The maximum atomic E-state index is 13.4. The summed E-state index contributed by atoms with van der Waals surface area (Å²) in [6, 6.07) is 7.88. The third-order valence-electron chi connectivity index (χ3n) is 7.73. The van der Waals surface area contributed by atoms with Gasteiger partial charge in [0.05, 0.1) is 25.3 Å². The van der Waals surface area contributed by atoms with E-state index in [4.69, 9.17) is 21.1 Å². The molecule has 1 amide bonds. The molecular weight excluding hydrogens is 478 g/mol. The first kappa shape index (κ1) is 25.5. The van der Waals surface area contributed by atoms with Gasteiger partial charge in [0.2, 0.25) is 5.91 Å². The van der Waals surface area contributed by atoms with Gasteiger partial charge < -0.3 is 19.3 Å². The Labute approximate surface area is 219 Å². The maximum absolute atomic E-state index is 13.4. The Bertz CT molecular complexity index is 1000. The molecule has 36 heavy (non-hydrogen) atoms. The summed E-state index contributed by atoms with van der Waals surface area (Å²) in [5.74, 6) is 0.864. The summed E-state index contributed by atoms with van der Waals surface area (Å²) < 4.78 is 14.7. The molecule has 5 rings (SSSR count). The molecule has 2 saturated heterocycles. The van der Waals surface area contributed by atoms with Crippen LogP contribution in [0.25, 0.3) is 0 Å². The van der Waals surface area contributed by atoms with E-state index in [9.17, 15) is 4.79 Å². The Morgan fingerprint density at radius 2 is 1.89 bits per heavy atom. The third kappa shape index (κ3) is 6.40. The third-order valence-corrected chi connectivity index (χ3v) is 7.98. The van der Waals surface area contributed by atoms with Gasteiger partial charge in [0, 0.05) is 62.6 Å². The summed E-state index contributed by atoms with van der Waals surface area (Å²) in [5.41, 5.74) is 0.501. The summed E-state index contributed by atoms with van der Waals surface area (Å²) in [5, 5.41) is 5.32. The zero-order valence-corrected chi connectivity index (χ0v) is 22.0. The van der Waals surface area contributed by atoms with Gasteiger partial charge in [-0.3, -0.25) is 14.4 Å². The molecule has 1 aromatic carbocycles. The lowest BCUT2D eigenvalue weighted by molar-refractivity contribution is -0.157. The van der Waals surface area contributed by atoms with Crippen LogP contribution in [-0.2, 0) is 16.1 Å². The molecule has 2 aromatic rings. The van der Waals surface area contributed by atoms with Gasteiger partial charge in [-0.15, -0.1) is 0 Å². The Kier molecular flexibility index (Phi) is 8.15. The molecule has 1 aliphatic carbocycles. The average molecular weight is 516 g/mol. The molecular formula is C27H38ClN5O3. The van der Waals surface area contributed by atoms with Crippen LogP contribution >= 0.6 is 11.6 Å².